The van der Waals surface area contributed by atoms with Crippen molar-refractivity contribution in [1.29, 1.82) is 0 Å². The number of halogens is 2. The van der Waals surface area contributed by atoms with Crippen LogP contribution in [0.25, 0.3) is 11.3 Å². The molecule has 0 unspecified atom stereocenters. The van der Waals surface area contributed by atoms with Gasteiger partial charge in [-0.25, -0.2) is 8.78 Å². The summed E-state index contributed by atoms with van der Waals surface area (Å²) >= 11 is 0. The van der Waals surface area contributed by atoms with Crippen LogP contribution in [-0.2, 0) is 5.41 Å². The van der Waals surface area contributed by atoms with E-state index >= 15 is 0 Å². The highest BCUT2D eigenvalue weighted by Crippen LogP contribution is 2.31. The van der Waals surface area contributed by atoms with E-state index in [1.807, 2.05) is 24.3 Å². The summed E-state index contributed by atoms with van der Waals surface area (Å²) in [6.45, 7) is 8.15. The maximum Gasteiger partial charge on any atom is 0.258 e. The molecule has 0 saturated carbocycles. The molecule has 0 atom stereocenters. The lowest BCUT2D eigenvalue weighted by atomic mass is 9.86. The monoisotopic (exact) mass is 369 g/mol. The number of aromatic nitrogens is 2. The van der Waals surface area contributed by atoms with Crippen LogP contribution in [0.2, 0.25) is 0 Å². The van der Waals surface area contributed by atoms with Crippen molar-refractivity contribution in [3.05, 3.63) is 70.9 Å². The molecule has 0 fully saturated rings. The summed E-state index contributed by atoms with van der Waals surface area (Å²) < 4.78 is 27.0. The Labute approximate surface area is 156 Å². The van der Waals surface area contributed by atoms with Gasteiger partial charge >= 0.3 is 0 Å². The zero-order chi connectivity index (χ0) is 19.8. The van der Waals surface area contributed by atoms with Gasteiger partial charge in [0.05, 0.1) is 16.9 Å². The van der Waals surface area contributed by atoms with Crippen molar-refractivity contribution < 1.29 is 13.6 Å². The number of nitrogens with zero attached hydrogens (tertiary/aromatic N) is 1. The van der Waals surface area contributed by atoms with Gasteiger partial charge < -0.3 is 5.32 Å². The lowest BCUT2D eigenvalue weighted by Crippen LogP contribution is -2.15. The third-order valence-corrected chi connectivity index (χ3v) is 4.39. The molecule has 0 aliphatic heterocycles. The zero-order valence-electron chi connectivity index (χ0n) is 15.7. The maximum atomic E-state index is 13.9. The van der Waals surface area contributed by atoms with E-state index in [0.29, 0.717) is 23.1 Å². The van der Waals surface area contributed by atoms with E-state index < -0.39 is 17.5 Å². The van der Waals surface area contributed by atoms with Gasteiger partial charge in [-0.2, -0.15) is 5.10 Å². The summed E-state index contributed by atoms with van der Waals surface area (Å²) in [5, 5.41) is 9.79. The number of hydrogen-bond donors (Lipinski definition) is 2. The van der Waals surface area contributed by atoms with Gasteiger partial charge in [-0.15, -0.1) is 0 Å². The number of amides is 1. The minimum Gasteiger partial charge on any atom is -0.318 e. The number of aryl methyl sites for hydroxylation is 1. The highest BCUT2D eigenvalue weighted by molar-refractivity contribution is 6.06. The zero-order valence-corrected chi connectivity index (χ0v) is 15.7. The number of benzene rings is 2. The number of rotatable bonds is 3. The summed E-state index contributed by atoms with van der Waals surface area (Å²) in [5.41, 5.74) is 3.46. The Balaban J connectivity index is 1.92. The Morgan fingerprint density at radius 3 is 2.33 bits per heavy atom. The number of aromatic amines is 1. The number of hydrogen-bond acceptors (Lipinski definition) is 2. The molecule has 1 amide bonds. The fraction of sp³-hybridized carbons (Fsp3) is 0.238. The largest absolute Gasteiger partial charge is 0.318 e. The highest BCUT2D eigenvalue weighted by atomic mass is 19.1. The molecule has 6 heteroatoms. The second-order valence-corrected chi connectivity index (χ2v) is 7.48. The van der Waals surface area contributed by atoms with Crippen LogP contribution in [0.1, 0.15) is 42.4 Å². The van der Waals surface area contributed by atoms with Gasteiger partial charge in [0, 0.05) is 11.6 Å². The number of anilines is 1. The third-order valence-electron chi connectivity index (χ3n) is 4.39. The molecular formula is C21H21F2N3O. The smallest absolute Gasteiger partial charge is 0.258 e. The van der Waals surface area contributed by atoms with Gasteiger partial charge in [-0.3, -0.25) is 9.89 Å². The Hall–Kier alpha value is -3.02. The summed E-state index contributed by atoms with van der Waals surface area (Å²) in [7, 11) is 0. The summed E-state index contributed by atoms with van der Waals surface area (Å²) in [5.74, 6) is -2.31. The minimum atomic E-state index is -0.912. The molecule has 2 aromatic carbocycles. The van der Waals surface area contributed by atoms with E-state index in [9.17, 15) is 13.6 Å². The fourth-order valence-corrected chi connectivity index (χ4v) is 2.77. The second-order valence-electron chi connectivity index (χ2n) is 7.48. The van der Waals surface area contributed by atoms with Crippen molar-refractivity contribution >= 4 is 11.6 Å². The SMILES string of the molecule is Cc1[nH]nc(-c2ccc(C(C)(C)C)cc2)c1NC(=O)c1ccc(F)cc1F. The van der Waals surface area contributed by atoms with Gasteiger partial charge in [-0.1, -0.05) is 45.0 Å². The topological polar surface area (TPSA) is 57.8 Å². The van der Waals surface area contributed by atoms with Crippen LogP contribution in [0.3, 0.4) is 0 Å². The number of H-pyrrole nitrogens is 1. The number of nitrogens with one attached hydrogen (secondary N) is 2. The molecule has 2 N–H and O–H groups in total. The van der Waals surface area contributed by atoms with Crippen molar-refractivity contribution in [3.8, 4) is 11.3 Å². The highest BCUT2D eigenvalue weighted by Gasteiger charge is 2.19. The molecule has 0 aliphatic rings. The van der Waals surface area contributed by atoms with Gasteiger partial charge in [0.25, 0.3) is 5.91 Å². The van der Waals surface area contributed by atoms with E-state index in [2.05, 4.69) is 36.3 Å². The van der Waals surface area contributed by atoms with E-state index in [1.165, 1.54) is 5.56 Å². The predicted molar refractivity (Wildman–Crippen MR) is 102 cm³/mol. The average Bonchev–Trinajstić information content (AvgIpc) is 2.95. The van der Waals surface area contributed by atoms with Crippen molar-refractivity contribution in [2.75, 3.05) is 5.32 Å². The molecule has 3 rings (SSSR count). The molecule has 4 nitrogen and oxygen atoms in total. The van der Waals surface area contributed by atoms with Crippen LogP contribution >= 0.6 is 0 Å². The summed E-state index contributed by atoms with van der Waals surface area (Å²) in [4.78, 5) is 12.5. The number of carbonyl (C=O) groups is 1. The molecule has 1 heterocycles. The molecule has 0 spiro atoms. The number of carbonyl (C=O) groups excluding carboxylic acids is 1. The van der Waals surface area contributed by atoms with Crippen LogP contribution in [0.4, 0.5) is 14.5 Å². The normalized spacial score (nSPS) is 11.5. The first kappa shape index (κ1) is 18.8. The standard InChI is InChI=1S/C21H21F2N3O/c1-12-18(24-20(27)16-10-9-15(22)11-17(16)23)19(26-25-12)13-5-7-14(8-6-13)21(2,3)4/h5-11H,1-4H3,(H,24,27)(H,25,26). The Morgan fingerprint density at radius 1 is 1.07 bits per heavy atom. The molecular weight excluding hydrogens is 348 g/mol. The summed E-state index contributed by atoms with van der Waals surface area (Å²) in [6, 6.07) is 10.8. The van der Waals surface area contributed by atoms with Gasteiger partial charge in [0.15, 0.2) is 0 Å². The third kappa shape index (κ3) is 3.89. The van der Waals surface area contributed by atoms with E-state index in [-0.39, 0.29) is 11.0 Å². The Kier molecular flexibility index (Phi) is 4.83. The van der Waals surface area contributed by atoms with Crippen LogP contribution in [-0.4, -0.2) is 16.1 Å². The summed E-state index contributed by atoms with van der Waals surface area (Å²) in [6.07, 6.45) is 0. The van der Waals surface area contributed by atoms with Gasteiger partial charge in [0.2, 0.25) is 0 Å². The molecule has 140 valence electrons. The lowest BCUT2D eigenvalue weighted by molar-refractivity contribution is 0.102. The molecule has 0 saturated heterocycles. The quantitative estimate of drug-likeness (QED) is 0.665. The average molecular weight is 369 g/mol. The van der Waals surface area contributed by atoms with Gasteiger partial charge in [-0.05, 0) is 30.0 Å². The van der Waals surface area contributed by atoms with Crippen LogP contribution in [0.5, 0.6) is 0 Å². The molecule has 0 bridgehead atoms. The van der Waals surface area contributed by atoms with Crippen molar-refractivity contribution in [2.24, 2.45) is 0 Å². The first-order chi connectivity index (χ1) is 12.7. The van der Waals surface area contributed by atoms with Crippen LogP contribution in [0.15, 0.2) is 42.5 Å². The van der Waals surface area contributed by atoms with E-state index in [1.54, 1.807) is 6.92 Å². The van der Waals surface area contributed by atoms with E-state index in [4.69, 9.17) is 0 Å². The Morgan fingerprint density at radius 2 is 1.74 bits per heavy atom. The molecule has 0 radical (unpaired) electrons. The van der Waals surface area contributed by atoms with Gasteiger partial charge in [0.1, 0.15) is 17.3 Å². The van der Waals surface area contributed by atoms with Crippen LogP contribution in [0, 0.1) is 18.6 Å². The Bertz CT molecular complexity index is 986. The van der Waals surface area contributed by atoms with Crippen LogP contribution < -0.4 is 5.32 Å². The second kappa shape index (κ2) is 6.95. The fourth-order valence-electron chi connectivity index (χ4n) is 2.77. The predicted octanol–water partition coefficient (Wildman–Crippen LogP) is 5.21. The van der Waals surface area contributed by atoms with Crippen molar-refractivity contribution in [1.82, 2.24) is 10.2 Å². The first-order valence-electron chi connectivity index (χ1n) is 8.59. The maximum absolute atomic E-state index is 13.9. The molecule has 27 heavy (non-hydrogen) atoms. The lowest BCUT2D eigenvalue weighted by Gasteiger charge is -2.19. The van der Waals surface area contributed by atoms with Crippen molar-refractivity contribution in [2.45, 2.75) is 33.1 Å². The molecule has 1 aromatic heterocycles. The molecule has 0 aliphatic carbocycles. The molecule has 3 aromatic rings. The first-order valence-corrected chi connectivity index (χ1v) is 8.59. The van der Waals surface area contributed by atoms with E-state index in [0.717, 1.165) is 17.7 Å². The van der Waals surface area contributed by atoms with Crippen molar-refractivity contribution in [3.63, 3.8) is 0 Å². The minimum absolute atomic E-state index is 0.0250.